The van der Waals surface area contributed by atoms with Gasteiger partial charge in [-0.1, -0.05) is 24.3 Å². The van der Waals surface area contributed by atoms with Gasteiger partial charge in [0.05, 0.1) is 12.0 Å². The first-order chi connectivity index (χ1) is 9.66. The number of rotatable bonds is 5. The molecule has 5 heteroatoms. The Morgan fingerprint density at radius 1 is 1.10 bits per heavy atom. The fraction of sp³-hybridized carbons (Fsp3) is 0.133. The molecular formula is C15H14N2O3. The maximum atomic E-state index is 11.9. The topological polar surface area (TPSA) is 79.3 Å². The minimum atomic E-state index is -0.893. The van der Waals surface area contributed by atoms with E-state index in [1.54, 1.807) is 30.5 Å². The summed E-state index contributed by atoms with van der Waals surface area (Å²) in [6.07, 6.45) is 3.02. The number of hydrogen-bond donors (Lipinski definition) is 2. The van der Waals surface area contributed by atoms with E-state index in [0.717, 1.165) is 5.56 Å². The SMILES string of the molecule is O=C(O)Cc1ccccc1CNC(=O)c1cccnc1. The molecule has 2 aromatic rings. The molecule has 102 valence electrons. The fourth-order valence-electron chi connectivity index (χ4n) is 1.84. The van der Waals surface area contributed by atoms with Crippen LogP contribution in [0.15, 0.2) is 48.8 Å². The zero-order chi connectivity index (χ0) is 14.4. The average molecular weight is 270 g/mol. The van der Waals surface area contributed by atoms with Gasteiger partial charge in [-0.15, -0.1) is 0 Å². The zero-order valence-electron chi connectivity index (χ0n) is 10.7. The molecule has 1 aromatic heterocycles. The number of carbonyl (C=O) groups is 2. The van der Waals surface area contributed by atoms with Gasteiger partial charge in [0.1, 0.15) is 0 Å². The minimum absolute atomic E-state index is 0.0566. The number of carbonyl (C=O) groups excluding carboxylic acids is 1. The van der Waals surface area contributed by atoms with Crippen LogP contribution in [0.25, 0.3) is 0 Å². The summed E-state index contributed by atoms with van der Waals surface area (Å²) in [4.78, 5) is 26.5. The lowest BCUT2D eigenvalue weighted by molar-refractivity contribution is -0.136. The Morgan fingerprint density at radius 2 is 1.85 bits per heavy atom. The van der Waals surface area contributed by atoms with Gasteiger partial charge in [0.15, 0.2) is 0 Å². The first kappa shape index (κ1) is 13.7. The molecule has 1 amide bonds. The first-order valence-corrected chi connectivity index (χ1v) is 6.13. The number of hydrogen-bond acceptors (Lipinski definition) is 3. The smallest absolute Gasteiger partial charge is 0.307 e. The highest BCUT2D eigenvalue weighted by Gasteiger charge is 2.08. The molecule has 5 nitrogen and oxygen atoms in total. The second kappa shape index (κ2) is 6.47. The van der Waals surface area contributed by atoms with Gasteiger partial charge >= 0.3 is 5.97 Å². The summed E-state index contributed by atoms with van der Waals surface area (Å²) >= 11 is 0. The molecule has 1 heterocycles. The lowest BCUT2D eigenvalue weighted by atomic mass is 10.0. The van der Waals surface area contributed by atoms with Crippen LogP contribution >= 0.6 is 0 Å². The monoisotopic (exact) mass is 270 g/mol. The van der Waals surface area contributed by atoms with E-state index in [1.165, 1.54) is 6.20 Å². The Bertz CT molecular complexity index is 612. The van der Waals surface area contributed by atoms with Crippen LogP contribution in [-0.4, -0.2) is 22.0 Å². The van der Waals surface area contributed by atoms with Crippen molar-refractivity contribution in [2.45, 2.75) is 13.0 Å². The number of aliphatic carboxylic acids is 1. The number of amides is 1. The van der Waals surface area contributed by atoms with Crippen molar-refractivity contribution in [1.29, 1.82) is 0 Å². The quantitative estimate of drug-likeness (QED) is 0.865. The number of carboxylic acids is 1. The van der Waals surface area contributed by atoms with Crippen LogP contribution in [0.5, 0.6) is 0 Å². The number of nitrogens with zero attached hydrogens (tertiary/aromatic N) is 1. The molecule has 0 aliphatic carbocycles. The predicted octanol–water partition coefficient (Wildman–Crippen LogP) is 1.64. The van der Waals surface area contributed by atoms with Crippen LogP contribution in [0.3, 0.4) is 0 Å². The largest absolute Gasteiger partial charge is 0.481 e. The lowest BCUT2D eigenvalue weighted by Gasteiger charge is -2.09. The molecule has 0 spiro atoms. The number of pyridine rings is 1. The molecule has 0 saturated carbocycles. The summed E-state index contributed by atoms with van der Waals surface area (Å²) in [6.45, 7) is 0.289. The first-order valence-electron chi connectivity index (χ1n) is 6.13. The fourth-order valence-corrected chi connectivity index (χ4v) is 1.84. The van der Waals surface area contributed by atoms with Gasteiger partial charge in [0.25, 0.3) is 5.91 Å². The summed E-state index contributed by atoms with van der Waals surface area (Å²) in [5.41, 5.74) is 1.97. The van der Waals surface area contributed by atoms with Gasteiger partial charge in [-0.3, -0.25) is 14.6 Å². The van der Waals surface area contributed by atoms with Crippen LogP contribution in [0, 0.1) is 0 Å². The van der Waals surface area contributed by atoms with E-state index in [-0.39, 0.29) is 18.9 Å². The molecule has 0 unspecified atom stereocenters. The highest BCUT2D eigenvalue weighted by molar-refractivity contribution is 5.93. The minimum Gasteiger partial charge on any atom is -0.481 e. The third kappa shape index (κ3) is 3.65. The van der Waals surface area contributed by atoms with Crippen molar-refractivity contribution >= 4 is 11.9 Å². The molecule has 20 heavy (non-hydrogen) atoms. The van der Waals surface area contributed by atoms with Crippen LogP contribution in [0.4, 0.5) is 0 Å². The van der Waals surface area contributed by atoms with Gasteiger partial charge in [0.2, 0.25) is 0 Å². The van der Waals surface area contributed by atoms with E-state index < -0.39 is 5.97 Å². The van der Waals surface area contributed by atoms with E-state index in [9.17, 15) is 9.59 Å². The molecule has 0 aliphatic heterocycles. The van der Waals surface area contributed by atoms with Crippen LogP contribution < -0.4 is 5.32 Å². The number of benzene rings is 1. The van der Waals surface area contributed by atoms with Crippen molar-refractivity contribution in [1.82, 2.24) is 10.3 Å². The van der Waals surface area contributed by atoms with E-state index in [4.69, 9.17) is 5.11 Å². The predicted molar refractivity (Wildman–Crippen MR) is 73.2 cm³/mol. The summed E-state index contributed by atoms with van der Waals surface area (Å²) in [6, 6.07) is 10.5. The third-order valence-electron chi connectivity index (χ3n) is 2.82. The summed E-state index contributed by atoms with van der Waals surface area (Å²) in [7, 11) is 0. The standard InChI is InChI=1S/C15H14N2O3/c18-14(19)8-11-4-1-2-5-12(11)10-17-15(20)13-6-3-7-16-9-13/h1-7,9H,8,10H2,(H,17,20)(H,18,19). The van der Waals surface area contributed by atoms with Crippen molar-refractivity contribution in [3.63, 3.8) is 0 Å². The van der Waals surface area contributed by atoms with Crippen molar-refractivity contribution in [2.24, 2.45) is 0 Å². The van der Waals surface area contributed by atoms with Gasteiger partial charge in [-0.2, -0.15) is 0 Å². The molecule has 0 atom stereocenters. The van der Waals surface area contributed by atoms with Crippen molar-refractivity contribution in [2.75, 3.05) is 0 Å². The molecule has 2 N–H and O–H groups in total. The van der Waals surface area contributed by atoms with Gasteiger partial charge < -0.3 is 10.4 Å². The summed E-state index contributed by atoms with van der Waals surface area (Å²) in [5.74, 6) is -1.13. The molecular weight excluding hydrogens is 256 g/mol. The van der Waals surface area contributed by atoms with Gasteiger partial charge in [-0.05, 0) is 23.3 Å². The Balaban J connectivity index is 2.04. The van der Waals surface area contributed by atoms with E-state index >= 15 is 0 Å². The Labute approximate surface area is 116 Å². The van der Waals surface area contributed by atoms with E-state index in [0.29, 0.717) is 11.1 Å². The van der Waals surface area contributed by atoms with Crippen LogP contribution in [0.2, 0.25) is 0 Å². The molecule has 2 rings (SSSR count). The molecule has 0 aliphatic rings. The van der Waals surface area contributed by atoms with Gasteiger partial charge in [-0.25, -0.2) is 0 Å². The van der Waals surface area contributed by atoms with Gasteiger partial charge in [0, 0.05) is 18.9 Å². The van der Waals surface area contributed by atoms with Crippen molar-refractivity contribution in [3.8, 4) is 0 Å². The maximum absolute atomic E-state index is 11.9. The zero-order valence-corrected chi connectivity index (χ0v) is 10.7. The molecule has 1 aromatic carbocycles. The van der Waals surface area contributed by atoms with E-state index in [1.807, 2.05) is 12.1 Å². The Hall–Kier alpha value is -2.69. The van der Waals surface area contributed by atoms with Crippen molar-refractivity contribution in [3.05, 3.63) is 65.5 Å². The van der Waals surface area contributed by atoms with Crippen LogP contribution in [-0.2, 0) is 17.8 Å². The van der Waals surface area contributed by atoms with Crippen LogP contribution in [0.1, 0.15) is 21.5 Å². The molecule has 0 fully saturated rings. The Kier molecular flexibility index (Phi) is 4.44. The average Bonchev–Trinajstić information content (AvgIpc) is 2.46. The van der Waals surface area contributed by atoms with E-state index in [2.05, 4.69) is 10.3 Å². The second-order valence-corrected chi connectivity index (χ2v) is 4.26. The molecule has 0 saturated heterocycles. The van der Waals surface area contributed by atoms with Crippen molar-refractivity contribution < 1.29 is 14.7 Å². The highest BCUT2D eigenvalue weighted by Crippen LogP contribution is 2.10. The lowest BCUT2D eigenvalue weighted by Crippen LogP contribution is -2.23. The second-order valence-electron chi connectivity index (χ2n) is 4.26. The summed E-state index contributed by atoms with van der Waals surface area (Å²) < 4.78 is 0. The Morgan fingerprint density at radius 3 is 2.50 bits per heavy atom. The normalized spacial score (nSPS) is 10.0. The molecule has 0 bridgehead atoms. The number of carboxylic acid groups (broad SMARTS) is 1. The third-order valence-corrected chi connectivity index (χ3v) is 2.82. The number of aromatic nitrogens is 1. The maximum Gasteiger partial charge on any atom is 0.307 e. The number of nitrogens with one attached hydrogen (secondary N) is 1. The summed E-state index contributed by atoms with van der Waals surface area (Å²) in [5, 5.41) is 11.6. The molecule has 0 radical (unpaired) electrons. The highest BCUT2D eigenvalue weighted by atomic mass is 16.4.